The molecule has 2 amide bonds. The quantitative estimate of drug-likeness (QED) is 0.629. The van der Waals surface area contributed by atoms with Gasteiger partial charge in [0.05, 0.1) is 0 Å². The molecule has 0 atom stereocenters. The Hall–Kier alpha value is -3.67. The molecular formula is C24H25N3O3. The Bertz CT molecular complexity index is 1100. The van der Waals surface area contributed by atoms with E-state index in [2.05, 4.69) is 10.6 Å². The zero-order chi connectivity index (χ0) is 21.5. The van der Waals surface area contributed by atoms with Gasteiger partial charge in [0, 0.05) is 30.5 Å². The second kappa shape index (κ2) is 9.69. The van der Waals surface area contributed by atoms with E-state index in [4.69, 9.17) is 0 Å². The fourth-order valence-electron chi connectivity index (χ4n) is 3.11. The zero-order valence-electron chi connectivity index (χ0n) is 17.1. The van der Waals surface area contributed by atoms with Crippen molar-refractivity contribution in [1.29, 1.82) is 0 Å². The molecular weight excluding hydrogens is 378 g/mol. The molecule has 0 unspecified atom stereocenters. The summed E-state index contributed by atoms with van der Waals surface area (Å²) in [4.78, 5) is 37.2. The van der Waals surface area contributed by atoms with Gasteiger partial charge < -0.3 is 10.6 Å². The molecule has 30 heavy (non-hydrogen) atoms. The summed E-state index contributed by atoms with van der Waals surface area (Å²) in [6.07, 6.45) is 2.85. The van der Waals surface area contributed by atoms with E-state index in [0.717, 1.165) is 17.5 Å². The summed E-state index contributed by atoms with van der Waals surface area (Å²) in [6.45, 7) is 4.27. The van der Waals surface area contributed by atoms with Crippen LogP contribution in [0.1, 0.15) is 41.3 Å². The van der Waals surface area contributed by atoms with Gasteiger partial charge in [-0.2, -0.15) is 0 Å². The molecule has 0 aliphatic heterocycles. The number of carbonyl (C=O) groups excluding carboxylic acids is 2. The molecule has 0 spiro atoms. The minimum absolute atomic E-state index is 0.0465. The number of pyridine rings is 1. The molecule has 0 bridgehead atoms. The van der Waals surface area contributed by atoms with Gasteiger partial charge in [-0.25, -0.2) is 0 Å². The third kappa shape index (κ3) is 5.03. The lowest BCUT2D eigenvalue weighted by atomic mass is 10.1. The highest BCUT2D eigenvalue weighted by molar-refractivity contribution is 5.94. The second-order valence-electron chi connectivity index (χ2n) is 7.05. The Kier molecular flexibility index (Phi) is 6.80. The highest BCUT2D eigenvalue weighted by Crippen LogP contribution is 2.13. The maximum absolute atomic E-state index is 12.9. The van der Waals surface area contributed by atoms with E-state index in [0.29, 0.717) is 24.3 Å². The Balaban J connectivity index is 1.76. The van der Waals surface area contributed by atoms with Crippen molar-refractivity contribution < 1.29 is 9.59 Å². The van der Waals surface area contributed by atoms with Crippen LogP contribution in [0.25, 0.3) is 5.69 Å². The molecule has 0 radical (unpaired) electrons. The Labute approximate surface area is 175 Å². The number of aryl methyl sites for hydroxylation is 1. The average molecular weight is 403 g/mol. The molecule has 3 aromatic rings. The lowest BCUT2D eigenvalue weighted by molar-refractivity contribution is -0.116. The van der Waals surface area contributed by atoms with Crippen LogP contribution in [0.4, 0.5) is 5.69 Å². The van der Waals surface area contributed by atoms with Gasteiger partial charge in [-0.05, 0) is 60.9 Å². The van der Waals surface area contributed by atoms with Gasteiger partial charge in [0.2, 0.25) is 5.91 Å². The minimum atomic E-state index is -0.416. The molecule has 2 N–H and O–H groups in total. The molecule has 6 heteroatoms. The van der Waals surface area contributed by atoms with Crippen LogP contribution >= 0.6 is 0 Å². The maximum Gasteiger partial charge on any atom is 0.267 e. The van der Waals surface area contributed by atoms with E-state index in [1.54, 1.807) is 36.5 Å². The number of aromatic nitrogens is 1. The van der Waals surface area contributed by atoms with Crippen LogP contribution in [0.15, 0.2) is 71.7 Å². The van der Waals surface area contributed by atoms with Crippen LogP contribution in [0.3, 0.4) is 0 Å². The van der Waals surface area contributed by atoms with Gasteiger partial charge >= 0.3 is 0 Å². The van der Waals surface area contributed by atoms with E-state index in [1.165, 1.54) is 10.6 Å². The van der Waals surface area contributed by atoms with Crippen LogP contribution in [-0.4, -0.2) is 16.4 Å². The molecule has 0 saturated carbocycles. The predicted octanol–water partition coefficient (Wildman–Crippen LogP) is 3.81. The van der Waals surface area contributed by atoms with Crippen molar-refractivity contribution >= 4 is 17.5 Å². The lowest BCUT2D eigenvalue weighted by Crippen LogP contribution is -2.32. The molecule has 1 heterocycles. The normalized spacial score (nSPS) is 10.5. The van der Waals surface area contributed by atoms with Crippen LogP contribution in [-0.2, 0) is 11.3 Å². The first kappa shape index (κ1) is 21.0. The summed E-state index contributed by atoms with van der Waals surface area (Å²) >= 11 is 0. The van der Waals surface area contributed by atoms with Gasteiger partial charge in [0.15, 0.2) is 0 Å². The Morgan fingerprint density at radius 3 is 2.40 bits per heavy atom. The molecule has 1 aromatic heterocycles. The van der Waals surface area contributed by atoms with E-state index < -0.39 is 11.5 Å². The molecule has 3 rings (SSSR count). The summed E-state index contributed by atoms with van der Waals surface area (Å²) in [5, 5.41) is 5.63. The number of carbonyl (C=O) groups is 2. The first-order valence-electron chi connectivity index (χ1n) is 9.94. The monoisotopic (exact) mass is 403 g/mol. The Morgan fingerprint density at radius 1 is 0.967 bits per heavy atom. The number of amides is 2. The second-order valence-corrected chi connectivity index (χ2v) is 7.05. The zero-order valence-corrected chi connectivity index (χ0v) is 17.1. The van der Waals surface area contributed by atoms with Crippen molar-refractivity contribution in [2.24, 2.45) is 0 Å². The fraction of sp³-hybridized carbons (Fsp3) is 0.208. The third-order valence-electron chi connectivity index (χ3n) is 4.80. The summed E-state index contributed by atoms with van der Waals surface area (Å²) in [5.74, 6) is -0.462. The Morgan fingerprint density at radius 2 is 1.70 bits per heavy atom. The van der Waals surface area contributed by atoms with Crippen LogP contribution in [0.2, 0.25) is 0 Å². The number of benzene rings is 2. The van der Waals surface area contributed by atoms with Gasteiger partial charge in [0.1, 0.15) is 5.56 Å². The summed E-state index contributed by atoms with van der Waals surface area (Å²) < 4.78 is 1.42. The first-order valence-corrected chi connectivity index (χ1v) is 9.94. The number of hydrogen-bond acceptors (Lipinski definition) is 3. The first-order chi connectivity index (χ1) is 14.5. The highest BCUT2D eigenvalue weighted by Gasteiger charge is 2.13. The van der Waals surface area contributed by atoms with Gasteiger partial charge in [-0.3, -0.25) is 19.0 Å². The summed E-state index contributed by atoms with van der Waals surface area (Å²) in [5.41, 5.74) is 3.03. The molecule has 0 aliphatic rings. The van der Waals surface area contributed by atoms with Crippen molar-refractivity contribution in [1.82, 2.24) is 9.88 Å². The average Bonchev–Trinajstić information content (AvgIpc) is 2.74. The number of nitrogens with zero attached hydrogens (tertiary/aromatic N) is 1. The highest BCUT2D eigenvalue weighted by atomic mass is 16.2. The van der Waals surface area contributed by atoms with E-state index in [1.807, 2.05) is 38.1 Å². The van der Waals surface area contributed by atoms with E-state index >= 15 is 0 Å². The number of hydrogen-bond donors (Lipinski definition) is 2. The van der Waals surface area contributed by atoms with Crippen LogP contribution < -0.4 is 16.2 Å². The largest absolute Gasteiger partial charge is 0.348 e. The van der Waals surface area contributed by atoms with E-state index in [9.17, 15) is 14.4 Å². The van der Waals surface area contributed by atoms with Crippen molar-refractivity contribution in [3.05, 3.63) is 93.9 Å². The maximum atomic E-state index is 12.9. The standard InChI is InChI=1S/C24H25N3O3/c1-3-7-22(28)26-19-11-13-20(14-12-19)27-15-6-10-21(24(27)30)23(29)25-16-18-9-5-4-8-17(18)2/h4-6,8-15H,3,7,16H2,1-2H3,(H,25,29)(H,26,28). The smallest absolute Gasteiger partial charge is 0.267 e. The van der Waals surface area contributed by atoms with Gasteiger partial charge in [-0.15, -0.1) is 0 Å². The predicted molar refractivity (Wildman–Crippen MR) is 118 cm³/mol. The summed E-state index contributed by atoms with van der Waals surface area (Å²) in [7, 11) is 0. The van der Waals surface area contributed by atoms with Crippen LogP contribution in [0, 0.1) is 6.92 Å². The fourth-order valence-corrected chi connectivity index (χ4v) is 3.11. The third-order valence-corrected chi connectivity index (χ3v) is 4.80. The minimum Gasteiger partial charge on any atom is -0.348 e. The van der Waals surface area contributed by atoms with Crippen LogP contribution in [0.5, 0.6) is 0 Å². The lowest BCUT2D eigenvalue weighted by Gasteiger charge is -2.11. The van der Waals surface area contributed by atoms with Gasteiger partial charge in [0.25, 0.3) is 11.5 Å². The number of nitrogens with one attached hydrogen (secondary N) is 2. The van der Waals surface area contributed by atoms with Crippen molar-refractivity contribution in [3.63, 3.8) is 0 Å². The number of rotatable bonds is 7. The van der Waals surface area contributed by atoms with E-state index in [-0.39, 0.29) is 11.5 Å². The molecule has 0 aliphatic carbocycles. The van der Waals surface area contributed by atoms with Crippen molar-refractivity contribution in [2.45, 2.75) is 33.2 Å². The summed E-state index contributed by atoms with van der Waals surface area (Å²) in [6, 6.07) is 17.9. The van der Waals surface area contributed by atoms with Crippen molar-refractivity contribution in [3.8, 4) is 5.69 Å². The topological polar surface area (TPSA) is 80.2 Å². The number of anilines is 1. The SMILES string of the molecule is CCCC(=O)Nc1ccc(-n2cccc(C(=O)NCc3ccccc3C)c2=O)cc1. The van der Waals surface area contributed by atoms with Gasteiger partial charge in [-0.1, -0.05) is 31.2 Å². The molecule has 0 saturated heterocycles. The molecule has 6 nitrogen and oxygen atoms in total. The molecule has 154 valence electrons. The molecule has 0 fully saturated rings. The van der Waals surface area contributed by atoms with Crippen molar-refractivity contribution in [2.75, 3.05) is 5.32 Å². The molecule has 2 aromatic carbocycles.